The lowest BCUT2D eigenvalue weighted by atomic mass is 9.85. The topological polar surface area (TPSA) is 144 Å². The Balaban J connectivity index is 1.81. The van der Waals surface area contributed by atoms with Crippen molar-refractivity contribution in [3.63, 3.8) is 0 Å². The monoisotopic (exact) mass is 542 g/mol. The van der Waals surface area contributed by atoms with Crippen LogP contribution < -0.4 is 0 Å². The number of carbonyl (C=O) groups excluding carboxylic acids is 4. The van der Waals surface area contributed by atoms with Gasteiger partial charge in [0.15, 0.2) is 12.2 Å². The Labute approximate surface area is 224 Å². The van der Waals surface area contributed by atoms with E-state index in [1.807, 2.05) is 18.2 Å². The molecular formula is C28H30O11. The lowest BCUT2D eigenvalue weighted by Gasteiger charge is -2.49. The highest BCUT2D eigenvalue weighted by atomic mass is 16.8. The van der Waals surface area contributed by atoms with Gasteiger partial charge in [0, 0.05) is 33.3 Å². The van der Waals surface area contributed by atoms with Crippen LogP contribution in [0.5, 0.6) is 5.75 Å². The molecule has 0 saturated carbocycles. The normalized spacial score (nSPS) is 25.4. The zero-order valence-electron chi connectivity index (χ0n) is 22.0. The Morgan fingerprint density at radius 3 is 2.08 bits per heavy atom. The number of phenols is 1. The SMILES string of the molecule is CC(=O)OC[C@H]1O[C@]2(OCc3ccc(Cc4ccc(O)cc4)cc32)[C@H](OC(C)=O)[C@@H](OC(C)=O)[C@@H]1OC(C)=O. The molecular weight excluding hydrogens is 512 g/mol. The van der Waals surface area contributed by atoms with Crippen molar-refractivity contribution in [2.24, 2.45) is 0 Å². The number of hydrogen-bond acceptors (Lipinski definition) is 11. The number of fused-ring (bicyclic) bond motifs is 2. The Bertz CT molecular complexity index is 1250. The largest absolute Gasteiger partial charge is 0.508 e. The molecule has 2 aromatic rings. The minimum atomic E-state index is -1.77. The van der Waals surface area contributed by atoms with Crippen molar-refractivity contribution in [3.8, 4) is 5.75 Å². The highest BCUT2D eigenvalue weighted by Gasteiger charge is 2.64. The van der Waals surface area contributed by atoms with Crippen LogP contribution in [0.4, 0.5) is 0 Å². The number of benzene rings is 2. The molecule has 0 bridgehead atoms. The molecule has 0 amide bonds. The van der Waals surface area contributed by atoms with Gasteiger partial charge in [-0.25, -0.2) is 0 Å². The average Bonchev–Trinajstić information content (AvgIpc) is 3.21. The van der Waals surface area contributed by atoms with Gasteiger partial charge in [0.2, 0.25) is 11.9 Å². The van der Waals surface area contributed by atoms with E-state index in [2.05, 4.69) is 0 Å². The number of hydrogen-bond donors (Lipinski definition) is 1. The van der Waals surface area contributed by atoms with Gasteiger partial charge < -0.3 is 33.5 Å². The maximum Gasteiger partial charge on any atom is 0.303 e. The summed E-state index contributed by atoms with van der Waals surface area (Å²) in [5.74, 6) is -4.38. The first-order chi connectivity index (χ1) is 18.5. The molecule has 11 heteroatoms. The molecule has 1 fully saturated rings. The number of phenolic OH excluding ortho intramolecular Hbond substituents is 1. The Morgan fingerprint density at radius 2 is 1.46 bits per heavy atom. The number of rotatable bonds is 7. The molecule has 1 spiro atoms. The van der Waals surface area contributed by atoms with E-state index in [4.69, 9.17) is 28.4 Å². The zero-order chi connectivity index (χ0) is 28.3. The Morgan fingerprint density at radius 1 is 0.846 bits per heavy atom. The van der Waals surface area contributed by atoms with Crippen molar-refractivity contribution in [1.82, 2.24) is 0 Å². The summed E-state index contributed by atoms with van der Waals surface area (Å²) in [5.41, 5.74) is 3.05. The fourth-order valence-corrected chi connectivity index (χ4v) is 4.89. The van der Waals surface area contributed by atoms with Crippen molar-refractivity contribution in [2.75, 3.05) is 6.61 Å². The summed E-state index contributed by atoms with van der Waals surface area (Å²) in [6.45, 7) is 4.44. The number of esters is 4. The molecule has 2 heterocycles. The zero-order valence-corrected chi connectivity index (χ0v) is 22.0. The molecule has 11 nitrogen and oxygen atoms in total. The molecule has 1 N–H and O–H groups in total. The lowest BCUT2D eigenvalue weighted by molar-refractivity contribution is -0.370. The van der Waals surface area contributed by atoms with E-state index < -0.39 is 54.1 Å². The van der Waals surface area contributed by atoms with E-state index >= 15 is 0 Å². The highest BCUT2D eigenvalue weighted by Crippen LogP contribution is 2.49. The molecule has 2 aliphatic heterocycles. The summed E-state index contributed by atoms with van der Waals surface area (Å²) < 4.78 is 34.5. The molecule has 0 unspecified atom stereocenters. The van der Waals surface area contributed by atoms with Crippen molar-refractivity contribution in [3.05, 3.63) is 64.7 Å². The van der Waals surface area contributed by atoms with Gasteiger partial charge in [-0.05, 0) is 41.3 Å². The predicted molar refractivity (Wildman–Crippen MR) is 132 cm³/mol. The first kappa shape index (κ1) is 28.1. The number of ether oxygens (including phenoxy) is 6. The smallest absolute Gasteiger partial charge is 0.303 e. The average molecular weight is 543 g/mol. The van der Waals surface area contributed by atoms with Gasteiger partial charge in [0.05, 0.1) is 6.61 Å². The van der Waals surface area contributed by atoms with Crippen molar-refractivity contribution < 1.29 is 52.7 Å². The van der Waals surface area contributed by atoms with Gasteiger partial charge >= 0.3 is 23.9 Å². The predicted octanol–water partition coefficient (Wildman–Crippen LogP) is 2.42. The molecule has 0 radical (unpaired) electrons. The standard InChI is InChI=1S/C28H30O11/c1-15(29)34-14-24-25(36-16(2)30)26(37-17(3)31)27(38-18(4)32)28(39-24)23-12-20(5-8-21(23)13-35-28)11-19-6-9-22(33)10-7-19/h5-10,12,24-27,33H,11,13-14H2,1-4H3/t24-,25-,26+,27-,28+/m1/s1. The van der Waals surface area contributed by atoms with Gasteiger partial charge in [0.1, 0.15) is 18.5 Å². The quantitative estimate of drug-likeness (QED) is 0.407. The van der Waals surface area contributed by atoms with E-state index in [-0.39, 0.29) is 19.0 Å². The summed E-state index contributed by atoms with van der Waals surface area (Å²) in [6, 6.07) is 12.4. The Kier molecular flexibility index (Phi) is 8.22. The van der Waals surface area contributed by atoms with E-state index in [0.29, 0.717) is 12.0 Å². The number of aromatic hydroxyl groups is 1. The third-order valence-corrected chi connectivity index (χ3v) is 6.37. The third-order valence-electron chi connectivity index (χ3n) is 6.37. The number of carbonyl (C=O) groups is 4. The summed E-state index contributed by atoms with van der Waals surface area (Å²) >= 11 is 0. The minimum absolute atomic E-state index is 0.0812. The molecule has 0 aromatic heterocycles. The Hall–Kier alpha value is -3.96. The van der Waals surface area contributed by atoms with Crippen LogP contribution in [0, 0.1) is 0 Å². The van der Waals surface area contributed by atoms with Crippen LogP contribution >= 0.6 is 0 Å². The van der Waals surface area contributed by atoms with Crippen molar-refractivity contribution in [2.45, 2.75) is 70.9 Å². The maximum absolute atomic E-state index is 12.3. The van der Waals surface area contributed by atoms with Crippen LogP contribution in [0.3, 0.4) is 0 Å². The van der Waals surface area contributed by atoms with Crippen LogP contribution in [0.25, 0.3) is 0 Å². The van der Waals surface area contributed by atoms with E-state index in [0.717, 1.165) is 30.5 Å². The van der Waals surface area contributed by atoms with E-state index in [1.165, 1.54) is 13.8 Å². The first-order valence-electron chi connectivity index (χ1n) is 12.4. The van der Waals surface area contributed by atoms with Crippen LogP contribution in [0.1, 0.15) is 49.9 Å². The molecule has 2 aliphatic rings. The molecule has 39 heavy (non-hydrogen) atoms. The van der Waals surface area contributed by atoms with Crippen LogP contribution in [-0.4, -0.2) is 60.0 Å². The van der Waals surface area contributed by atoms with Gasteiger partial charge in [-0.3, -0.25) is 19.2 Å². The molecule has 0 aliphatic carbocycles. The first-order valence-corrected chi connectivity index (χ1v) is 12.4. The molecule has 4 rings (SSSR count). The van der Waals surface area contributed by atoms with E-state index in [1.54, 1.807) is 24.3 Å². The third kappa shape index (κ3) is 6.21. The van der Waals surface area contributed by atoms with E-state index in [9.17, 15) is 24.3 Å². The van der Waals surface area contributed by atoms with Gasteiger partial charge in [0.25, 0.3) is 0 Å². The van der Waals surface area contributed by atoms with Crippen molar-refractivity contribution >= 4 is 23.9 Å². The van der Waals surface area contributed by atoms with Gasteiger partial charge in [-0.15, -0.1) is 0 Å². The second-order valence-electron chi connectivity index (χ2n) is 9.43. The van der Waals surface area contributed by atoms with Gasteiger partial charge in [-0.2, -0.15) is 0 Å². The van der Waals surface area contributed by atoms with Gasteiger partial charge in [-0.1, -0.05) is 24.3 Å². The summed E-state index contributed by atoms with van der Waals surface area (Å²) in [4.78, 5) is 48.1. The maximum atomic E-state index is 12.3. The molecule has 5 atom stereocenters. The lowest BCUT2D eigenvalue weighted by Crippen LogP contribution is -2.66. The van der Waals surface area contributed by atoms with Crippen LogP contribution in [0.15, 0.2) is 42.5 Å². The fourth-order valence-electron chi connectivity index (χ4n) is 4.89. The molecule has 208 valence electrons. The fraction of sp³-hybridized carbons (Fsp3) is 0.429. The highest BCUT2D eigenvalue weighted by molar-refractivity contribution is 5.69. The molecule has 2 aromatic carbocycles. The van der Waals surface area contributed by atoms with Crippen LogP contribution in [-0.2, 0) is 66.4 Å². The summed E-state index contributed by atoms with van der Waals surface area (Å²) in [5, 5.41) is 9.61. The minimum Gasteiger partial charge on any atom is -0.508 e. The second-order valence-corrected chi connectivity index (χ2v) is 9.43. The van der Waals surface area contributed by atoms with Crippen molar-refractivity contribution in [1.29, 1.82) is 0 Å². The summed E-state index contributed by atoms with van der Waals surface area (Å²) in [7, 11) is 0. The van der Waals surface area contributed by atoms with Crippen LogP contribution in [0.2, 0.25) is 0 Å². The second kappa shape index (κ2) is 11.4. The molecule has 1 saturated heterocycles. The summed E-state index contributed by atoms with van der Waals surface area (Å²) in [6.07, 6.45) is -4.64.